The van der Waals surface area contributed by atoms with Gasteiger partial charge in [-0.25, -0.2) is 4.39 Å². The van der Waals surface area contributed by atoms with Crippen LogP contribution in [0.15, 0.2) is 41.1 Å². The van der Waals surface area contributed by atoms with Crippen LogP contribution in [0.3, 0.4) is 0 Å². The lowest BCUT2D eigenvalue weighted by Crippen LogP contribution is -2.17. The third kappa shape index (κ3) is 3.07. The van der Waals surface area contributed by atoms with Gasteiger partial charge in [0, 0.05) is 17.1 Å². The molecule has 16 heavy (non-hydrogen) atoms. The summed E-state index contributed by atoms with van der Waals surface area (Å²) in [5, 5.41) is 7.49. The van der Waals surface area contributed by atoms with E-state index in [2.05, 4.69) is 17.6 Å². The first-order valence-corrected chi connectivity index (χ1v) is 6.21. The molecule has 1 nitrogen and oxygen atoms in total. The Labute approximate surface area is 98.9 Å². The van der Waals surface area contributed by atoms with Crippen LogP contribution in [0.5, 0.6) is 0 Å². The highest BCUT2D eigenvalue weighted by molar-refractivity contribution is 7.08. The van der Waals surface area contributed by atoms with Gasteiger partial charge in [-0.3, -0.25) is 0 Å². The predicted molar refractivity (Wildman–Crippen MR) is 67.5 cm³/mol. The number of hydrogen-bond acceptors (Lipinski definition) is 2. The van der Waals surface area contributed by atoms with Crippen molar-refractivity contribution in [3.63, 3.8) is 0 Å². The summed E-state index contributed by atoms with van der Waals surface area (Å²) >= 11 is 1.67. The largest absolute Gasteiger partial charge is 0.382 e. The predicted octanol–water partition coefficient (Wildman–Crippen LogP) is 3.93. The second kappa shape index (κ2) is 5.12. The van der Waals surface area contributed by atoms with Crippen molar-refractivity contribution in [3.05, 3.63) is 52.5 Å². The number of hydrogen-bond donors (Lipinski definition) is 1. The second-order valence-corrected chi connectivity index (χ2v) is 4.67. The van der Waals surface area contributed by atoms with Gasteiger partial charge in [-0.05, 0) is 42.5 Å². The maximum Gasteiger partial charge on any atom is 0.123 e. The van der Waals surface area contributed by atoms with Crippen molar-refractivity contribution < 1.29 is 4.39 Å². The Morgan fingerprint density at radius 1 is 1.38 bits per heavy atom. The molecule has 2 rings (SSSR count). The van der Waals surface area contributed by atoms with Gasteiger partial charge in [-0.2, -0.15) is 11.3 Å². The number of benzene rings is 1. The Kier molecular flexibility index (Phi) is 3.57. The minimum absolute atomic E-state index is 0.166. The Morgan fingerprint density at radius 2 is 2.25 bits per heavy atom. The maximum absolute atomic E-state index is 13.0. The SMILES string of the molecule is CC(Cc1cccc(F)c1)Nc1ccsc1. The molecule has 1 N–H and O–H groups in total. The molecule has 0 aliphatic rings. The lowest BCUT2D eigenvalue weighted by atomic mass is 10.1. The van der Waals surface area contributed by atoms with Crippen LogP contribution < -0.4 is 5.32 Å². The molecule has 0 amide bonds. The van der Waals surface area contributed by atoms with Crippen molar-refractivity contribution in [2.24, 2.45) is 0 Å². The molecular formula is C13H14FNS. The van der Waals surface area contributed by atoms with Gasteiger partial charge >= 0.3 is 0 Å². The van der Waals surface area contributed by atoms with Crippen LogP contribution in [0, 0.1) is 5.82 Å². The third-order valence-corrected chi connectivity index (χ3v) is 3.05. The van der Waals surface area contributed by atoms with E-state index < -0.39 is 0 Å². The zero-order valence-electron chi connectivity index (χ0n) is 9.11. The molecule has 0 spiro atoms. The zero-order valence-corrected chi connectivity index (χ0v) is 9.93. The fourth-order valence-corrected chi connectivity index (χ4v) is 2.30. The van der Waals surface area contributed by atoms with E-state index in [1.54, 1.807) is 23.5 Å². The molecular weight excluding hydrogens is 221 g/mol. The van der Waals surface area contributed by atoms with E-state index in [0.29, 0.717) is 6.04 Å². The van der Waals surface area contributed by atoms with Crippen LogP contribution >= 0.6 is 11.3 Å². The van der Waals surface area contributed by atoms with Gasteiger partial charge in [0.25, 0.3) is 0 Å². The Morgan fingerprint density at radius 3 is 2.94 bits per heavy atom. The normalized spacial score (nSPS) is 12.4. The molecule has 1 atom stereocenters. The van der Waals surface area contributed by atoms with Crippen molar-refractivity contribution in [2.75, 3.05) is 5.32 Å². The van der Waals surface area contributed by atoms with E-state index in [0.717, 1.165) is 17.7 Å². The molecule has 1 unspecified atom stereocenters. The first-order chi connectivity index (χ1) is 7.74. The molecule has 0 saturated heterocycles. The molecule has 0 aliphatic carbocycles. The molecule has 1 heterocycles. The van der Waals surface area contributed by atoms with Gasteiger partial charge in [0.2, 0.25) is 0 Å². The summed E-state index contributed by atoms with van der Waals surface area (Å²) in [5.41, 5.74) is 2.16. The van der Waals surface area contributed by atoms with Gasteiger partial charge in [0.05, 0.1) is 0 Å². The Bertz CT molecular complexity index is 439. The minimum atomic E-state index is -0.166. The highest BCUT2D eigenvalue weighted by atomic mass is 32.1. The van der Waals surface area contributed by atoms with Crippen LogP contribution in [0.2, 0.25) is 0 Å². The lowest BCUT2D eigenvalue weighted by Gasteiger charge is -2.13. The molecule has 0 fully saturated rings. The molecule has 0 saturated carbocycles. The smallest absolute Gasteiger partial charge is 0.123 e. The molecule has 0 aliphatic heterocycles. The fourth-order valence-electron chi connectivity index (χ4n) is 1.70. The quantitative estimate of drug-likeness (QED) is 0.846. The highest BCUT2D eigenvalue weighted by Gasteiger charge is 2.04. The zero-order chi connectivity index (χ0) is 11.4. The molecule has 1 aromatic heterocycles. The van der Waals surface area contributed by atoms with Crippen molar-refractivity contribution in [1.82, 2.24) is 0 Å². The van der Waals surface area contributed by atoms with E-state index >= 15 is 0 Å². The monoisotopic (exact) mass is 235 g/mol. The number of thiophene rings is 1. The summed E-state index contributed by atoms with van der Waals surface area (Å²) in [6.07, 6.45) is 0.827. The van der Waals surface area contributed by atoms with E-state index in [9.17, 15) is 4.39 Å². The van der Waals surface area contributed by atoms with Crippen LogP contribution in [0.4, 0.5) is 10.1 Å². The van der Waals surface area contributed by atoms with E-state index in [1.807, 2.05) is 17.5 Å². The molecule has 3 heteroatoms. The highest BCUT2D eigenvalue weighted by Crippen LogP contribution is 2.15. The van der Waals surface area contributed by atoms with Crippen LogP contribution in [-0.2, 0) is 6.42 Å². The van der Waals surface area contributed by atoms with Gasteiger partial charge < -0.3 is 5.32 Å². The average Bonchev–Trinajstić information content (AvgIpc) is 2.70. The van der Waals surface area contributed by atoms with Gasteiger partial charge in [-0.15, -0.1) is 0 Å². The lowest BCUT2D eigenvalue weighted by molar-refractivity contribution is 0.624. The summed E-state index contributed by atoms with van der Waals surface area (Å²) in [6, 6.07) is 9.12. The molecule has 2 aromatic rings. The van der Waals surface area contributed by atoms with E-state index in [-0.39, 0.29) is 5.82 Å². The summed E-state index contributed by atoms with van der Waals surface area (Å²) in [7, 11) is 0. The fraction of sp³-hybridized carbons (Fsp3) is 0.231. The average molecular weight is 235 g/mol. The van der Waals surface area contributed by atoms with Gasteiger partial charge in [0.15, 0.2) is 0 Å². The maximum atomic E-state index is 13.0. The number of halogens is 1. The van der Waals surface area contributed by atoms with Crippen molar-refractivity contribution in [3.8, 4) is 0 Å². The van der Waals surface area contributed by atoms with Crippen LogP contribution in [0.25, 0.3) is 0 Å². The summed E-state index contributed by atoms with van der Waals surface area (Å²) in [6.45, 7) is 2.10. The van der Waals surface area contributed by atoms with Crippen molar-refractivity contribution >= 4 is 17.0 Å². The van der Waals surface area contributed by atoms with Crippen molar-refractivity contribution in [1.29, 1.82) is 0 Å². The van der Waals surface area contributed by atoms with E-state index in [1.165, 1.54) is 6.07 Å². The second-order valence-electron chi connectivity index (χ2n) is 3.89. The van der Waals surface area contributed by atoms with Crippen LogP contribution in [-0.4, -0.2) is 6.04 Å². The van der Waals surface area contributed by atoms with Crippen molar-refractivity contribution in [2.45, 2.75) is 19.4 Å². The number of anilines is 1. The molecule has 0 radical (unpaired) electrons. The molecule has 84 valence electrons. The number of nitrogens with one attached hydrogen (secondary N) is 1. The number of rotatable bonds is 4. The van der Waals surface area contributed by atoms with Crippen LogP contribution in [0.1, 0.15) is 12.5 Å². The first kappa shape index (κ1) is 11.1. The molecule has 1 aromatic carbocycles. The summed E-state index contributed by atoms with van der Waals surface area (Å²) in [5.74, 6) is -0.166. The summed E-state index contributed by atoms with van der Waals surface area (Å²) < 4.78 is 13.0. The Balaban J connectivity index is 1.94. The standard InChI is InChI=1S/C13H14FNS/c1-10(15-13-5-6-16-9-13)7-11-3-2-4-12(14)8-11/h2-6,8-10,15H,7H2,1H3. The Hall–Kier alpha value is -1.35. The first-order valence-electron chi connectivity index (χ1n) is 5.27. The minimum Gasteiger partial charge on any atom is -0.382 e. The summed E-state index contributed by atoms with van der Waals surface area (Å²) in [4.78, 5) is 0. The van der Waals surface area contributed by atoms with Gasteiger partial charge in [-0.1, -0.05) is 12.1 Å². The molecule has 0 bridgehead atoms. The van der Waals surface area contributed by atoms with Gasteiger partial charge in [0.1, 0.15) is 5.82 Å². The van der Waals surface area contributed by atoms with E-state index in [4.69, 9.17) is 0 Å². The topological polar surface area (TPSA) is 12.0 Å². The third-order valence-electron chi connectivity index (χ3n) is 2.37.